The Morgan fingerprint density at radius 2 is 1.12 bits per heavy atom. The highest BCUT2D eigenvalue weighted by Crippen LogP contribution is 1.60. The van der Waals surface area contributed by atoms with E-state index in [-0.39, 0.29) is 22.3 Å². The highest BCUT2D eigenvalue weighted by Gasteiger charge is 1.63. The van der Waals surface area contributed by atoms with Crippen LogP contribution in [0.15, 0.2) is 0 Å². The predicted molar refractivity (Wildman–Crippen MR) is 39.1 cm³/mol. The van der Waals surface area contributed by atoms with Gasteiger partial charge in [0.2, 0.25) is 0 Å². The standard InChI is InChI=1S/C3H8O2.3CH4/c1-4-3-5-2;;;/h3H2,1-2H3;3*1H4. The summed E-state index contributed by atoms with van der Waals surface area (Å²) in [6, 6.07) is 0. The summed E-state index contributed by atoms with van der Waals surface area (Å²) in [5.74, 6) is 0. The molecular weight excluding hydrogens is 104 g/mol. The third-order valence-corrected chi connectivity index (χ3v) is 0.236. The summed E-state index contributed by atoms with van der Waals surface area (Å²) in [6.07, 6.45) is 0. The van der Waals surface area contributed by atoms with Crippen molar-refractivity contribution in [1.82, 2.24) is 0 Å². The number of methoxy groups -OCH3 is 2. The molecule has 0 bridgehead atoms. The molecule has 0 aliphatic rings. The Hall–Kier alpha value is -0.0800. The maximum atomic E-state index is 4.47. The molecule has 0 saturated carbocycles. The van der Waals surface area contributed by atoms with Crippen LogP contribution in [0.5, 0.6) is 0 Å². The first-order chi connectivity index (χ1) is 2.41. The van der Waals surface area contributed by atoms with E-state index in [1.165, 1.54) is 0 Å². The lowest BCUT2D eigenvalue weighted by atomic mass is 11.4. The normalized spacial score (nSPS) is 5.25. The van der Waals surface area contributed by atoms with Crippen molar-refractivity contribution >= 4 is 0 Å². The monoisotopic (exact) mass is 124 g/mol. The van der Waals surface area contributed by atoms with Crippen LogP contribution in [0.1, 0.15) is 22.3 Å². The van der Waals surface area contributed by atoms with Crippen LogP contribution < -0.4 is 0 Å². The Kier molecular flexibility index (Phi) is 87.8. The largest absolute Gasteiger partial charge is 0.359 e. The lowest BCUT2D eigenvalue weighted by Crippen LogP contribution is -1.87. The summed E-state index contributed by atoms with van der Waals surface area (Å²) < 4.78 is 8.94. The van der Waals surface area contributed by atoms with E-state index >= 15 is 0 Å². The van der Waals surface area contributed by atoms with Crippen LogP contribution in [0.25, 0.3) is 0 Å². The van der Waals surface area contributed by atoms with Crippen molar-refractivity contribution in [3.63, 3.8) is 0 Å². The van der Waals surface area contributed by atoms with Crippen LogP contribution in [0.2, 0.25) is 0 Å². The zero-order chi connectivity index (χ0) is 4.12. The van der Waals surface area contributed by atoms with Gasteiger partial charge in [0.15, 0.2) is 0 Å². The van der Waals surface area contributed by atoms with Crippen molar-refractivity contribution < 1.29 is 9.47 Å². The minimum atomic E-state index is 0. The highest BCUT2D eigenvalue weighted by molar-refractivity contribution is 3.84. The van der Waals surface area contributed by atoms with Gasteiger partial charge in [0.25, 0.3) is 0 Å². The fraction of sp³-hybridized carbons (Fsp3) is 1.00. The average Bonchev–Trinajstić information content (AvgIpc) is 1.41. The first-order valence-corrected chi connectivity index (χ1v) is 1.39. The predicted octanol–water partition coefficient (Wildman–Crippen LogP) is 2.15. The second-order valence-electron chi connectivity index (χ2n) is 0.695. The van der Waals surface area contributed by atoms with E-state index in [4.69, 9.17) is 0 Å². The van der Waals surface area contributed by atoms with Crippen LogP contribution in [0.3, 0.4) is 0 Å². The van der Waals surface area contributed by atoms with Gasteiger partial charge in [-0.05, 0) is 0 Å². The number of ether oxygens (including phenoxy) is 2. The van der Waals surface area contributed by atoms with Crippen LogP contribution in [-0.4, -0.2) is 21.0 Å². The smallest absolute Gasteiger partial charge is 0.145 e. The fourth-order valence-electron chi connectivity index (χ4n) is 0.118. The summed E-state index contributed by atoms with van der Waals surface area (Å²) >= 11 is 0. The Bertz CT molecular complexity index is 14.0. The Morgan fingerprint density at radius 3 is 1.12 bits per heavy atom. The molecule has 0 aliphatic carbocycles. The minimum Gasteiger partial charge on any atom is -0.359 e. The van der Waals surface area contributed by atoms with Gasteiger partial charge >= 0.3 is 0 Å². The molecule has 2 nitrogen and oxygen atoms in total. The van der Waals surface area contributed by atoms with Gasteiger partial charge in [0.05, 0.1) is 0 Å². The van der Waals surface area contributed by atoms with Crippen LogP contribution in [-0.2, 0) is 9.47 Å². The first kappa shape index (κ1) is 24.7. The Morgan fingerprint density at radius 1 is 0.875 bits per heavy atom. The van der Waals surface area contributed by atoms with Crippen LogP contribution >= 0.6 is 0 Å². The Labute approximate surface area is 53.8 Å². The Balaban J connectivity index is -0.0000000267. The summed E-state index contributed by atoms with van der Waals surface area (Å²) in [5, 5.41) is 0. The molecular formula is C6H20O2. The summed E-state index contributed by atoms with van der Waals surface area (Å²) in [7, 11) is 3.17. The first-order valence-electron chi connectivity index (χ1n) is 1.39. The number of hydrogen-bond acceptors (Lipinski definition) is 2. The van der Waals surface area contributed by atoms with Gasteiger partial charge in [0, 0.05) is 14.2 Å². The van der Waals surface area contributed by atoms with E-state index < -0.39 is 0 Å². The van der Waals surface area contributed by atoms with Crippen molar-refractivity contribution in [1.29, 1.82) is 0 Å². The third-order valence-electron chi connectivity index (χ3n) is 0.236. The van der Waals surface area contributed by atoms with E-state index in [0.29, 0.717) is 6.79 Å². The number of rotatable bonds is 2. The summed E-state index contributed by atoms with van der Waals surface area (Å²) in [5.41, 5.74) is 0. The van der Waals surface area contributed by atoms with E-state index in [9.17, 15) is 0 Å². The molecule has 0 aromatic carbocycles. The molecule has 0 N–H and O–H groups in total. The molecule has 0 heterocycles. The second kappa shape index (κ2) is 28.4. The van der Waals surface area contributed by atoms with E-state index in [2.05, 4.69) is 9.47 Å². The lowest BCUT2D eigenvalue weighted by molar-refractivity contribution is -0.00271. The molecule has 0 unspecified atom stereocenters. The molecule has 0 radical (unpaired) electrons. The molecule has 0 fully saturated rings. The van der Waals surface area contributed by atoms with Gasteiger partial charge in [-0.15, -0.1) is 0 Å². The molecule has 0 saturated heterocycles. The van der Waals surface area contributed by atoms with E-state index in [0.717, 1.165) is 0 Å². The van der Waals surface area contributed by atoms with Crippen molar-refractivity contribution in [3.05, 3.63) is 0 Å². The minimum absolute atomic E-state index is 0. The average molecular weight is 124 g/mol. The van der Waals surface area contributed by atoms with Gasteiger partial charge in [0.1, 0.15) is 6.79 Å². The molecule has 0 amide bonds. The SMILES string of the molecule is C.C.C.COCOC. The van der Waals surface area contributed by atoms with Gasteiger partial charge in [-0.1, -0.05) is 22.3 Å². The van der Waals surface area contributed by atoms with Crippen LogP contribution in [0, 0.1) is 0 Å². The van der Waals surface area contributed by atoms with Crippen molar-refractivity contribution in [2.24, 2.45) is 0 Å². The van der Waals surface area contributed by atoms with Gasteiger partial charge in [-0.3, -0.25) is 0 Å². The van der Waals surface area contributed by atoms with Gasteiger partial charge in [-0.2, -0.15) is 0 Å². The molecule has 0 atom stereocenters. The fourth-order valence-corrected chi connectivity index (χ4v) is 0.118. The topological polar surface area (TPSA) is 18.5 Å². The quantitative estimate of drug-likeness (QED) is 0.525. The third kappa shape index (κ3) is 38.9. The van der Waals surface area contributed by atoms with Crippen molar-refractivity contribution in [2.45, 2.75) is 22.3 Å². The second-order valence-corrected chi connectivity index (χ2v) is 0.695. The maximum absolute atomic E-state index is 4.47. The van der Waals surface area contributed by atoms with Gasteiger partial charge in [-0.25, -0.2) is 0 Å². The van der Waals surface area contributed by atoms with E-state index in [1.54, 1.807) is 14.2 Å². The molecule has 0 spiro atoms. The molecule has 0 aromatic rings. The lowest BCUT2D eigenvalue weighted by Gasteiger charge is -1.87. The summed E-state index contributed by atoms with van der Waals surface area (Å²) in [6.45, 7) is 0.389. The van der Waals surface area contributed by atoms with Gasteiger partial charge < -0.3 is 9.47 Å². The van der Waals surface area contributed by atoms with Crippen LogP contribution in [0.4, 0.5) is 0 Å². The highest BCUT2D eigenvalue weighted by atomic mass is 16.6. The maximum Gasteiger partial charge on any atom is 0.145 e. The molecule has 0 aromatic heterocycles. The zero-order valence-electron chi connectivity index (χ0n) is 3.52. The number of hydrogen-bond donors (Lipinski definition) is 0. The molecule has 0 aliphatic heterocycles. The zero-order valence-corrected chi connectivity index (χ0v) is 3.52. The van der Waals surface area contributed by atoms with E-state index in [1.807, 2.05) is 0 Å². The summed E-state index contributed by atoms with van der Waals surface area (Å²) in [4.78, 5) is 0. The molecule has 8 heavy (non-hydrogen) atoms. The van der Waals surface area contributed by atoms with Crippen molar-refractivity contribution in [2.75, 3.05) is 21.0 Å². The molecule has 2 heteroatoms. The molecule has 0 rings (SSSR count). The van der Waals surface area contributed by atoms with Crippen molar-refractivity contribution in [3.8, 4) is 0 Å². The molecule has 56 valence electrons.